The first-order chi connectivity index (χ1) is 17.2. The summed E-state index contributed by atoms with van der Waals surface area (Å²) in [5.41, 5.74) is 0.610. The van der Waals surface area contributed by atoms with Crippen molar-refractivity contribution in [3.05, 3.63) is 77.4 Å². The molecule has 192 valence electrons. The van der Waals surface area contributed by atoms with Crippen LogP contribution < -0.4 is 4.74 Å². The van der Waals surface area contributed by atoms with Crippen molar-refractivity contribution in [2.24, 2.45) is 5.92 Å². The van der Waals surface area contributed by atoms with Crippen molar-refractivity contribution in [3.63, 3.8) is 0 Å². The van der Waals surface area contributed by atoms with Crippen molar-refractivity contribution in [2.45, 2.75) is 57.8 Å². The zero-order valence-electron chi connectivity index (χ0n) is 20.2. The van der Waals surface area contributed by atoms with E-state index >= 15 is 8.78 Å². The maximum atomic E-state index is 15.1. The highest BCUT2D eigenvalue weighted by Crippen LogP contribution is 2.48. The standard InChI is InChI=1S/C29H28F6O/c1-3-5-20-11-10-19(16-29(20,34)35)23-13-12-21(25(30)26(23)31)17-6-8-18(9-7-17)22-14-15-24(36-4-2)28(33)27(22)32/h6-9,12-15,19-20H,3-5,10-11,16H2,1-2H3. The number of alkyl halides is 2. The molecule has 7 heteroatoms. The van der Waals surface area contributed by atoms with Crippen LogP contribution in [0.2, 0.25) is 0 Å². The number of halogens is 6. The Labute approximate surface area is 207 Å². The SMILES string of the molecule is CCCC1CCC(c2ccc(-c3ccc(-c4ccc(OCC)c(F)c4F)cc3)c(F)c2F)CC1(F)F. The number of rotatable bonds is 7. The summed E-state index contributed by atoms with van der Waals surface area (Å²) in [6, 6.07) is 11.4. The van der Waals surface area contributed by atoms with Gasteiger partial charge < -0.3 is 4.74 Å². The molecule has 3 aromatic carbocycles. The summed E-state index contributed by atoms with van der Waals surface area (Å²) in [6.07, 6.45) is 1.24. The Balaban J connectivity index is 1.58. The van der Waals surface area contributed by atoms with Crippen LogP contribution in [0.5, 0.6) is 5.75 Å². The van der Waals surface area contributed by atoms with Gasteiger partial charge in [0, 0.05) is 23.5 Å². The van der Waals surface area contributed by atoms with E-state index in [4.69, 9.17) is 4.74 Å². The monoisotopic (exact) mass is 506 g/mol. The molecule has 1 fully saturated rings. The second-order valence-corrected chi connectivity index (χ2v) is 9.30. The van der Waals surface area contributed by atoms with Gasteiger partial charge in [-0.15, -0.1) is 0 Å². The third kappa shape index (κ3) is 4.97. The molecule has 3 aromatic rings. The molecule has 1 aliphatic carbocycles. The molecule has 2 unspecified atom stereocenters. The number of hydrogen-bond donors (Lipinski definition) is 0. The lowest BCUT2D eigenvalue weighted by Crippen LogP contribution is -2.35. The third-order valence-electron chi connectivity index (χ3n) is 7.02. The van der Waals surface area contributed by atoms with E-state index in [1.165, 1.54) is 48.5 Å². The maximum Gasteiger partial charge on any atom is 0.251 e. The second-order valence-electron chi connectivity index (χ2n) is 9.30. The predicted molar refractivity (Wildman–Crippen MR) is 128 cm³/mol. The van der Waals surface area contributed by atoms with Gasteiger partial charge in [-0.25, -0.2) is 22.0 Å². The Bertz CT molecular complexity index is 1220. The molecule has 0 spiro atoms. The zero-order valence-corrected chi connectivity index (χ0v) is 20.2. The lowest BCUT2D eigenvalue weighted by atomic mass is 9.74. The van der Waals surface area contributed by atoms with Crippen LogP contribution in [0.15, 0.2) is 48.5 Å². The van der Waals surface area contributed by atoms with Crippen LogP contribution in [-0.4, -0.2) is 12.5 Å². The van der Waals surface area contributed by atoms with E-state index in [0.29, 0.717) is 30.4 Å². The highest BCUT2D eigenvalue weighted by molar-refractivity contribution is 5.72. The van der Waals surface area contributed by atoms with Gasteiger partial charge in [-0.05, 0) is 60.9 Å². The topological polar surface area (TPSA) is 9.23 Å². The normalized spacial score (nSPS) is 19.3. The summed E-state index contributed by atoms with van der Waals surface area (Å²) in [6.45, 7) is 3.70. The molecule has 1 nitrogen and oxygen atoms in total. The van der Waals surface area contributed by atoms with Crippen LogP contribution in [0.3, 0.4) is 0 Å². The summed E-state index contributed by atoms with van der Waals surface area (Å²) in [5.74, 6) is -8.98. The van der Waals surface area contributed by atoms with Crippen LogP contribution in [0.4, 0.5) is 26.3 Å². The van der Waals surface area contributed by atoms with Gasteiger partial charge in [0.1, 0.15) is 0 Å². The largest absolute Gasteiger partial charge is 0.491 e. The maximum absolute atomic E-state index is 15.1. The third-order valence-corrected chi connectivity index (χ3v) is 7.02. The molecule has 0 N–H and O–H groups in total. The fraction of sp³-hybridized carbons (Fsp3) is 0.379. The van der Waals surface area contributed by atoms with E-state index in [1.807, 2.05) is 6.92 Å². The van der Waals surface area contributed by atoms with Crippen LogP contribution >= 0.6 is 0 Å². The van der Waals surface area contributed by atoms with Crippen molar-refractivity contribution < 1.29 is 31.1 Å². The minimum Gasteiger partial charge on any atom is -0.491 e. The Kier molecular flexibility index (Phi) is 7.67. The molecule has 1 saturated carbocycles. The molecule has 0 heterocycles. The molecule has 1 aliphatic rings. The average Bonchev–Trinajstić information content (AvgIpc) is 2.85. The molecular formula is C29H28F6O. The van der Waals surface area contributed by atoms with Crippen molar-refractivity contribution in [1.29, 1.82) is 0 Å². The number of benzene rings is 3. The van der Waals surface area contributed by atoms with Crippen molar-refractivity contribution in [3.8, 4) is 28.0 Å². The molecule has 0 saturated heterocycles. The fourth-order valence-electron chi connectivity index (χ4n) is 5.13. The summed E-state index contributed by atoms with van der Waals surface area (Å²) < 4.78 is 93.1. The molecule has 0 amide bonds. The summed E-state index contributed by atoms with van der Waals surface area (Å²) in [5, 5.41) is 0. The average molecular weight is 507 g/mol. The smallest absolute Gasteiger partial charge is 0.251 e. The molecule has 2 atom stereocenters. The van der Waals surface area contributed by atoms with Crippen LogP contribution in [0.1, 0.15) is 57.4 Å². The van der Waals surface area contributed by atoms with Crippen LogP contribution in [0.25, 0.3) is 22.3 Å². The van der Waals surface area contributed by atoms with Gasteiger partial charge in [-0.1, -0.05) is 49.7 Å². The quantitative estimate of drug-likeness (QED) is 0.290. The minimum atomic E-state index is -2.91. The van der Waals surface area contributed by atoms with Crippen molar-refractivity contribution in [1.82, 2.24) is 0 Å². The highest BCUT2D eigenvalue weighted by atomic mass is 19.3. The zero-order chi connectivity index (χ0) is 26.0. The minimum absolute atomic E-state index is 0.00380. The number of hydrogen-bond acceptors (Lipinski definition) is 1. The number of ether oxygens (including phenoxy) is 1. The molecule has 0 aliphatic heterocycles. The Morgan fingerprint density at radius 1 is 0.750 bits per heavy atom. The summed E-state index contributed by atoms with van der Waals surface area (Å²) in [4.78, 5) is 0. The van der Waals surface area contributed by atoms with Gasteiger partial charge in [0.25, 0.3) is 5.92 Å². The predicted octanol–water partition coefficient (Wildman–Crippen LogP) is 9.29. The van der Waals surface area contributed by atoms with Crippen molar-refractivity contribution in [2.75, 3.05) is 6.61 Å². The van der Waals surface area contributed by atoms with Gasteiger partial charge in [-0.3, -0.25) is 0 Å². The first-order valence-corrected chi connectivity index (χ1v) is 12.2. The molecule has 0 aromatic heterocycles. The van der Waals surface area contributed by atoms with Gasteiger partial charge in [0.2, 0.25) is 5.82 Å². The lowest BCUT2D eigenvalue weighted by molar-refractivity contribution is -0.0947. The summed E-state index contributed by atoms with van der Waals surface area (Å²) >= 11 is 0. The molecule has 36 heavy (non-hydrogen) atoms. The van der Waals surface area contributed by atoms with Gasteiger partial charge in [0.05, 0.1) is 6.61 Å². The van der Waals surface area contributed by atoms with E-state index in [0.717, 1.165) is 0 Å². The van der Waals surface area contributed by atoms with Crippen molar-refractivity contribution >= 4 is 0 Å². The van der Waals surface area contributed by atoms with E-state index in [9.17, 15) is 17.6 Å². The Morgan fingerprint density at radius 3 is 1.89 bits per heavy atom. The van der Waals surface area contributed by atoms with Gasteiger partial charge in [-0.2, -0.15) is 4.39 Å². The summed E-state index contributed by atoms with van der Waals surface area (Å²) in [7, 11) is 0. The first-order valence-electron chi connectivity index (χ1n) is 12.2. The highest BCUT2D eigenvalue weighted by Gasteiger charge is 2.45. The Hall–Kier alpha value is -2.96. The second kappa shape index (κ2) is 10.6. The van der Waals surface area contributed by atoms with Crippen LogP contribution in [0, 0.1) is 29.2 Å². The molecule has 0 radical (unpaired) electrons. The van der Waals surface area contributed by atoms with E-state index in [-0.39, 0.29) is 35.5 Å². The van der Waals surface area contributed by atoms with Gasteiger partial charge in [0.15, 0.2) is 23.2 Å². The van der Waals surface area contributed by atoms with E-state index < -0.39 is 47.4 Å². The molecule has 4 rings (SSSR count). The van der Waals surface area contributed by atoms with E-state index in [2.05, 4.69) is 0 Å². The first kappa shape index (κ1) is 26.1. The fourth-order valence-corrected chi connectivity index (χ4v) is 5.13. The van der Waals surface area contributed by atoms with Crippen LogP contribution in [-0.2, 0) is 0 Å². The van der Waals surface area contributed by atoms with E-state index in [1.54, 1.807) is 6.92 Å². The molecule has 0 bridgehead atoms. The van der Waals surface area contributed by atoms with Gasteiger partial charge >= 0.3 is 0 Å². The lowest BCUT2D eigenvalue weighted by Gasteiger charge is -2.36. The Morgan fingerprint density at radius 2 is 1.33 bits per heavy atom. The molecular weight excluding hydrogens is 478 g/mol.